The molecule has 0 amide bonds. The molecule has 0 radical (unpaired) electrons. The van der Waals surface area contributed by atoms with Gasteiger partial charge < -0.3 is 5.32 Å². The van der Waals surface area contributed by atoms with Crippen LogP contribution in [0.2, 0.25) is 0 Å². The number of halogens is 1. The van der Waals surface area contributed by atoms with Crippen LogP contribution in [0.15, 0.2) is 28.7 Å². The fourth-order valence-corrected chi connectivity index (χ4v) is 3.20. The second-order valence-corrected chi connectivity index (χ2v) is 8.57. The molecule has 19 heavy (non-hydrogen) atoms. The lowest BCUT2D eigenvalue weighted by Crippen LogP contribution is -2.35. The first-order valence-corrected chi connectivity index (χ1v) is 8.81. The molecule has 0 aromatic heterocycles. The van der Waals surface area contributed by atoms with Gasteiger partial charge in [0, 0.05) is 21.0 Å². The van der Waals surface area contributed by atoms with Crippen molar-refractivity contribution in [2.45, 2.75) is 51.3 Å². The molecule has 0 aliphatic carbocycles. The Morgan fingerprint density at radius 2 is 1.95 bits per heavy atom. The summed E-state index contributed by atoms with van der Waals surface area (Å²) in [5.41, 5.74) is 1.39. The standard InChI is InChI=1S/C16H26BrNS/c1-5-10-18-14(12-19-16(2,3)4)11-13-8-6-7-9-15(13)17/h6-9,14,18H,5,10-12H2,1-4H3. The zero-order chi connectivity index (χ0) is 14.3. The minimum atomic E-state index is 0.333. The van der Waals surface area contributed by atoms with Gasteiger partial charge in [-0.3, -0.25) is 0 Å². The average molecular weight is 344 g/mol. The minimum absolute atomic E-state index is 0.333. The number of thioether (sulfide) groups is 1. The van der Waals surface area contributed by atoms with E-state index in [-0.39, 0.29) is 0 Å². The van der Waals surface area contributed by atoms with E-state index >= 15 is 0 Å². The van der Waals surface area contributed by atoms with Crippen LogP contribution in [0.3, 0.4) is 0 Å². The fraction of sp³-hybridized carbons (Fsp3) is 0.625. The quantitative estimate of drug-likeness (QED) is 0.756. The maximum Gasteiger partial charge on any atom is 0.0207 e. The molecule has 108 valence electrons. The zero-order valence-electron chi connectivity index (χ0n) is 12.5. The highest BCUT2D eigenvalue weighted by Crippen LogP contribution is 2.25. The molecular formula is C16H26BrNS. The van der Waals surface area contributed by atoms with Gasteiger partial charge in [-0.2, -0.15) is 11.8 Å². The molecule has 3 heteroatoms. The third-order valence-corrected chi connectivity index (χ3v) is 5.03. The Kier molecular flexibility index (Phi) is 7.48. The molecule has 0 spiro atoms. The summed E-state index contributed by atoms with van der Waals surface area (Å²) in [6.45, 7) is 10.2. The predicted molar refractivity (Wildman–Crippen MR) is 92.1 cm³/mol. The maximum absolute atomic E-state index is 3.68. The third kappa shape index (κ3) is 7.38. The van der Waals surface area contributed by atoms with Gasteiger partial charge in [-0.1, -0.05) is 61.8 Å². The Bertz CT molecular complexity index is 373. The van der Waals surface area contributed by atoms with Crippen molar-refractivity contribution in [2.75, 3.05) is 12.3 Å². The second-order valence-electron chi connectivity index (χ2n) is 5.87. The molecule has 1 rings (SSSR count). The molecule has 0 heterocycles. The summed E-state index contributed by atoms with van der Waals surface area (Å²) in [5, 5.41) is 3.68. The highest BCUT2D eigenvalue weighted by Gasteiger charge is 2.16. The molecular weight excluding hydrogens is 318 g/mol. The molecule has 0 fully saturated rings. The molecule has 1 atom stereocenters. The summed E-state index contributed by atoms with van der Waals surface area (Å²) in [6.07, 6.45) is 2.27. The van der Waals surface area contributed by atoms with Crippen molar-refractivity contribution >= 4 is 27.7 Å². The van der Waals surface area contributed by atoms with E-state index in [1.807, 2.05) is 11.8 Å². The topological polar surface area (TPSA) is 12.0 Å². The Hall–Kier alpha value is 0.01000. The first kappa shape index (κ1) is 17.1. The lowest BCUT2D eigenvalue weighted by molar-refractivity contribution is 0.548. The summed E-state index contributed by atoms with van der Waals surface area (Å²) in [7, 11) is 0. The van der Waals surface area contributed by atoms with E-state index < -0.39 is 0 Å². The van der Waals surface area contributed by atoms with Crippen molar-refractivity contribution in [1.29, 1.82) is 0 Å². The monoisotopic (exact) mass is 343 g/mol. The molecule has 0 aliphatic rings. The number of benzene rings is 1. The summed E-state index contributed by atoms with van der Waals surface area (Å²) in [5.74, 6) is 1.16. The van der Waals surface area contributed by atoms with Gasteiger partial charge in [-0.25, -0.2) is 0 Å². The fourth-order valence-electron chi connectivity index (χ4n) is 1.82. The zero-order valence-corrected chi connectivity index (χ0v) is 14.9. The van der Waals surface area contributed by atoms with Crippen LogP contribution in [0.5, 0.6) is 0 Å². The highest BCUT2D eigenvalue weighted by molar-refractivity contribution is 9.10. The SMILES string of the molecule is CCCNC(CSC(C)(C)C)Cc1ccccc1Br. The van der Waals surface area contributed by atoms with Crippen LogP contribution in [0, 0.1) is 0 Å². The van der Waals surface area contributed by atoms with Gasteiger partial charge in [0.1, 0.15) is 0 Å². The van der Waals surface area contributed by atoms with Gasteiger partial charge in [0.2, 0.25) is 0 Å². The summed E-state index contributed by atoms with van der Waals surface area (Å²) in [4.78, 5) is 0. The average Bonchev–Trinajstić information content (AvgIpc) is 2.34. The third-order valence-electron chi connectivity index (χ3n) is 2.82. The minimum Gasteiger partial charge on any atom is -0.313 e. The van der Waals surface area contributed by atoms with Crippen LogP contribution in [0.4, 0.5) is 0 Å². The number of rotatable bonds is 7. The number of hydrogen-bond donors (Lipinski definition) is 1. The van der Waals surface area contributed by atoms with Crippen molar-refractivity contribution < 1.29 is 0 Å². The Balaban J connectivity index is 2.61. The Labute approximate surface area is 131 Å². The maximum atomic E-state index is 3.68. The van der Waals surface area contributed by atoms with Crippen LogP contribution in [-0.2, 0) is 6.42 Å². The van der Waals surface area contributed by atoms with Gasteiger partial charge in [0.05, 0.1) is 0 Å². The van der Waals surface area contributed by atoms with Gasteiger partial charge in [-0.15, -0.1) is 0 Å². The van der Waals surface area contributed by atoms with Gasteiger partial charge in [0.25, 0.3) is 0 Å². The van der Waals surface area contributed by atoms with E-state index in [1.54, 1.807) is 0 Å². The van der Waals surface area contributed by atoms with Crippen LogP contribution < -0.4 is 5.32 Å². The molecule has 1 nitrogen and oxygen atoms in total. The van der Waals surface area contributed by atoms with E-state index in [0.29, 0.717) is 10.8 Å². The second kappa shape index (κ2) is 8.33. The lowest BCUT2D eigenvalue weighted by atomic mass is 10.1. The van der Waals surface area contributed by atoms with Gasteiger partial charge >= 0.3 is 0 Å². The number of hydrogen-bond acceptors (Lipinski definition) is 2. The molecule has 0 saturated heterocycles. The molecule has 1 aromatic carbocycles. The van der Waals surface area contributed by atoms with E-state index in [2.05, 4.69) is 73.2 Å². The van der Waals surface area contributed by atoms with E-state index in [4.69, 9.17) is 0 Å². The predicted octanol–water partition coefficient (Wildman–Crippen LogP) is 4.89. The van der Waals surface area contributed by atoms with Gasteiger partial charge in [0.15, 0.2) is 0 Å². The molecule has 0 bridgehead atoms. The van der Waals surface area contributed by atoms with Crippen molar-refractivity contribution in [3.63, 3.8) is 0 Å². The van der Waals surface area contributed by atoms with Crippen LogP contribution >= 0.6 is 27.7 Å². The summed E-state index contributed by atoms with van der Waals surface area (Å²) < 4.78 is 1.55. The van der Waals surface area contributed by atoms with Crippen LogP contribution in [0.25, 0.3) is 0 Å². The van der Waals surface area contributed by atoms with Gasteiger partial charge in [-0.05, 0) is 31.0 Å². The highest BCUT2D eigenvalue weighted by atomic mass is 79.9. The largest absolute Gasteiger partial charge is 0.313 e. The Morgan fingerprint density at radius 3 is 2.53 bits per heavy atom. The normalized spacial score (nSPS) is 13.5. The van der Waals surface area contributed by atoms with E-state index in [9.17, 15) is 0 Å². The van der Waals surface area contributed by atoms with E-state index in [1.165, 1.54) is 16.5 Å². The molecule has 1 unspecified atom stereocenters. The molecule has 0 saturated carbocycles. The van der Waals surface area contributed by atoms with Crippen molar-refractivity contribution in [1.82, 2.24) is 5.32 Å². The summed E-state index contributed by atoms with van der Waals surface area (Å²) >= 11 is 5.69. The van der Waals surface area contributed by atoms with Crippen LogP contribution in [0.1, 0.15) is 39.7 Å². The smallest absolute Gasteiger partial charge is 0.0207 e. The van der Waals surface area contributed by atoms with Crippen molar-refractivity contribution in [3.05, 3.63) is 34.3 Å². The van der Waals surface area contributed by atoms with E-state index in [0.717, 1.165) is 18.7 Å². The molecule has 1 aromatic rings. The van der Waals surface area contributed by atoms with Crippen molar-refractivity contribution in [2.24, 2.45) is 0 Å². The summed E-state index contributed by atoms with van der Waals surface area (Å²) in [6, 6.07) is 9.08. The van der Waals surface area contributed by atoms with Crippen LogP contribution in [-0.4, -0.2) is 23.1 Å². The van der Waals surface area contributed by atoms with Crippen molar-refractivity contribution in [3.8, 4) is 0 Å². The first-order chi connectivity index (χ1) is 8.92. The molecule has 0 aliphatic heterocycles. The molecule has 1 N–H and O–H groups in total. The first-order valence-electron chi connectivity index (χ1n) is 7.03. The lowest BCUT2D eigenvalue weighted by Gasteiger charge is -2.24. The Morgan fingerprint density at radius 1 is 1.26 bits per heavy atom. The number of nitrogens with one attached hydrogen (secondary N) is 1.